The first-order valence-corrected chi connectivity index (χ1v) is 10.4. The quantitative estimate of drug-likeness (QED) is 0.445. The van der Waals surface area contributed by atoms with Crippen molar-refractivity contribution in [2.24, 2.45) is 5.92 Å². The summed E-state index contributed by atoms with van der Waals surface area (Å²) in [5, 5.41) is 3.45. The lowest BCUT2D eigenvalue weighted by Crippen LogP contribution is -2.45. The van der Waals surface area contributed by atoms with Crippen molar-refractivity contribution >= 4 is 22.8 Å². The lowest BCUT2D eigenvalue weighted by molar-refractivity contribution is -0.148. The molecule has 32 heavy (non-hydrogen) atoms. The van der Waals surface area contributed by atoms with Crippen molar-refractivity contribution < 1.29 is 23.5 Å². The number of rotatable bonds is 7. The minimum Gasteiger partial charge on any atom is -0.497 e. The van der Waals surface area contributed by atoms with E-state index in [0.29, 0.717) is 27.8 Å². The molecule has 3 rings (SSSR count). The van der Waals surface area contributed by atoms with Gasteiger partial charge in [-0.1, -0.05) is 26.0 Å². The highest BCUT2D eigenvalue weighted by Crippen LogP contribution is 2.24. The van der Waals surface area contributed by atoms with E-state index in [-0.39, 0.29) is 18.4 Å². The predicted octanol–water partition coefficient (Wildman–Crippen LogP) is 3.92. The third kappa shape index (κ3) is 4.99. The van der Waals surface area contributed by atoms with Crippen LogP contribution in [0.2, 0.25) is 0 Å². The normalized spacial score (nSPS) is 11.9. The van der Waals surface area contributed by atoms with Gasteiger partial charge in [-0.3, -0.25) is 4.79 Å². The highest BCUT2D eigenvalue weighted by molar-refractivity contribution is 5.97. The smallest absolute Gasteiger partial charge is 0.336 e. The number of ether oxygens (including phenoxy) is 2. The molecular weight excluding hydrogens is 410 g/mol. The van der Waals surface area contributed by atoms with Crippen LogP contribution >= 0.6 is 0 Å². The highest BCUT2D eigenvalue weighted by atomic mass is 16.5. The Balaban J connectivity index is 1.76. The van der Waals surface area contributed by atoms with Crippen molar-refractivity contribution in [3.05, 3.63) is 75.1 Å². The summed E-state index contributed by atoms with van der Waals surface area (Å²) in [6.07, 6.45) is 0. The summed E-state index contributed by atoms with van der Waals surface area (Å²) >= 11 is 0. The number of nitrogens with one attached hydrogen (secondary N) is 1. The van der Waals surface area contributed by atoms with E-state index in [1.165, 1.54) is 6.07 Å². The Labute approximate surface area is 186 Å². The van der Waals surface area contributed by atoms with E-state index >= 15 is 0 Å². The molecule has 0 bridgehead atoms. The second-order valence-corrected chi connectivity index (χ2v) is 8.01. The van der Waals surface area contributed by atoms with Crippen molar-refractivity contribution in [2.75, 3.05) is 7.11 Å². The van der Waals surface area contributed by atoms with Gasteiger partial charge in [0.2, 0.25) is 0 Å². The molecule has 7 heteroatoms. The Morgan fingerprint density at radius 3 is 2.38 bits per heavy atom. The van der Waals surface area contributed by atoms with Crippen LogP contribution in [-0.2, 0) is 16.1 Å². The first-order chi connectivity index (χ1) is 15.2. The summed E-state index contributed by atoms with van der Waals surface area (Å²) < 4.78 is 16.0. The van der Waals surface area contributed by atoms with Crippen LogP contribution < -0.4 is 15.7 Å². The van der Waals surface area contributed by atoms with Crippen LogP contribution in [-0.4, -0.2) is 25.0 Å². The zero-order valence-electron chi connectivity index (χ0n) is 18.9. The van der Waals surface area contributed by atoms with Gasteiger partial charge in [-0.25, -0.2) is 9.59 Å². The average molecular weight is 437 g/mol. The Bertz CT molecular complexity index is 1190. The Hall–Kier alpha value is -3.61. The van der Waals surface area contributed by atoms with Crippen molar-refractivity contribution in [3.8, 4) is 5.75 Å². The molecule has 1 amide bonds. The van der Waals surface area contributed by atoms with Crippen LogP contribution in [0.4, 0.5) is 0 Å². The maximum Gasteiger partial charge on any atom is 0.336 e. The molecule has 1 aromatic heterocycles. The number of methoxy groups -OCH3 is 1. The van der Waals surface area contributed by atoms with Crippen LogP contribution in [0.25, 0.3) is 11.0 Å². The standard InChI is InChI=1S/C25H27NO6/c1-14(2)22(26-24(28)17-7-9-19(30-5)10-8-17)25(29)31-13-18-12-21(27)32-23-16(4)15(3)6-11-20(18)23/h6-12,14,22H,13H2,1-5H3,(H,26,28)/t22-/m1/s1. The van der Waals surface area contributed by atoms with E-state index in [0.717, 1.165) is 11.1 Å². The Kier molecular flexibility index (Phi) is 6.98. The number of benzene rings is 2. The fourth-order valence-electron chi connectivity index (χ4n) is 3.35. The molecule has 1 heterocycles. The molecule has 1 atom stereocenters. The molecule has 0 radical (unpaired) electrons. The molecule has 0 spiro atoms. The summed E-state index contributed by atoms with van der Waals surface area (Å²) in [6, 6.07) is 10.8. The first kappa shape index (κ1) is 23.1. The van der Waals surface area contributed by atoms with Gasteiger partial charge in [0, 0.05) is 22.6 Å². The second kappa shape index (κ2) is 9.68. The summed E-state index contributed by atoms with van der Waals surface area (Å²) in [4.78, 5) is 37.5. The number of carbonyl (C=O) groups is 2. The van der Waals surface area contributed by atoms with Gasteiger partial charge >= 0.3 is 11.6 Å². The second-order valence-electron chi connectivity index (χ2n) is 8.01. The van der Waals surface area contributed by atoms with Gasteiger partial charge in [0.1, 0.15) is 24.0 Å². The van der Waals surface area contributed by atoms with Crippen molar-refractivity contribution in [3.63, 3.8) is 0 Å². The fourth-order valence-corrected chi connectivity index (χ4v) is 3.35. The van der Waals surface area contributed by atoms with E-state index in [2.05, 4.69) is 5.32 Å². The maximum absolute atomic E-state index is 12.8. The number of aryl methyl sites for hydroxylation is 2. The van der Waals surface area contributed by atoms with Crippen molar-refractivity contribution in [2.45, 2.75) is 40.3 Å². The highest BCUT2D eigenvalue weighted by Gasteiger charge is 2.26. The molecule has 3 aromatic rings. The SMILES string of the molecule is COc1ccc(C(=O)N[C@@H](C(=O)OCc2cc(=O)oc3c(C)c(C)ccc23)C(C)C)cc1. The largest absolute Gasteiger partial charge is 0.497 e. The maximum atomic E-state index is 12.8. The van der Waals surface area contributed by atoms with E-state index < -0.39 is 17.6 Å². The van der Waals surface area contributed by atoms with Crippen molar-refractivity contribution in [1.29, 1.82) is 0 Å². The molecule has 0 aliphatic carbocycles. The lowest BCUT2D eigenvalue weighted by atomic mass is 10.0. The summed E-state index contributed by atoms with van der Waals surface area (Å²) in [5.41, 5.74) is 2.79. The topological polar surface area (TPSA) is 94.8 Å². The minimum absolute atomic E-state index is 0.106. The molecule has 7 nitrogen and oxygen atoms in total. The molecule has 0 saturated heterocycles. The third-order valence-corrected chi connectivity index (χ3v) is 5.45. The molecule has 0 fully saturated rings. The molecular formula is C25H27NO6. The van der Waals surface area contributed by atoms with Crippen LogP contribution in [0, 0.1) is 19.8 Å². The number of esters is 1. The van der Waals surface area contributed by atoms with Crippen molar-refractivity contribution in [1.82, 2.24) is 5.32 Å². The Morgan fingerprint density at radius 2 is 1.75 bits per heavy atom. The number of fused-ring (bicyclic) bond motifs is 1. The van der Waals surface area contributed by atoms with Crippen LogP contribution in [0.1, 0.15) is 40.9 Å². The molecule has 0 aliphatic rings. The number of amides is 1. The van der Waals surface area contributed by atoms with E-state index in [4.69, 9.17) is 13.9 Å². The van der Waals surface area contributed by atoms with E-state index in [1.807, 2.05) is 39.8 Å². The summed E-state index contributed by atoms with van der Waals surface area (Å²) in [6.45, 7) is 7.34. The average Bonchev–Trinajstić information content (AvgIpc) is 2.78. The van der Waals surface area contributed by atoms with Gasteiger partial charge < -0.3 is 19.2 Å². The first-order valence-electron chi connectivity index (χ1n) is 10.4. The van der Waals surface area contributed by atoms with Crippen LogP contribution in [0.15, 0.2) is 51.7 Å². The van der Waals surface area contributed by atoms with Gasteiger partial charge in [0.05, 0.1) is 7.11 Å². The van der Waals surface area contributed by atoms with E-state index in [9.17, 15) is 14.4 Å². The lowest BCUT2D eigenvalue weighted by Gasteiger charge is -2.21. The Morgan fingerprint density at radius 1 is 1.06 bits per heavy atom. The molecule has 0 aliphatic heterocycles. The fraction of sp³-hybridized carbons (Fsp3) is 0.320. The summed E-state index contributed by atoms with van der Waals surface area (Å²) in [7, 11) is 1.54. The number of hydrogen-bond donors (Lipinski definition) is 1. The van der Waals surface area contributed by atoms with Gasteiger partial charge in [-0.15, -0.1) is 0 Å². The molecule has 2 aromatic carbocycles. The molecule has 1 N–H and O–H groups in total. The predicted molar refractivity (Wildman–Crippen MR) is 121 cm³/mol. The van der Waals surface area contributed by atoms with Gasteiger partial charge in [0.15, 0.2) is 0 Å². The number of hydrogen-bond acceptors (Lipinski definition) is 6. The monoisotopic (exact) mass is 437 g/mol. The van der Waals surface area contributed by atoms with Gasteiger partial charge in [-0.2, -0.15) is 0 Å². The zero-order chi connectivity index (χ0) is 23.4. The van der Waals surface area contributed by atoms with Gasteiger partial charge in [0.25, 0.3) is 5.91 Å². The van der Waals surface area contributed by atoms with Crippen LogP contribution in [0.5, 0.6) is 5.75 Å². The minimum atomic E-state index is -0.847. The molecule has 168 valence electrons. The zero-order valence-corrected chi connectivity index (χ0v) is 18.9. The van der Waals surface area contributed by atoms with Gasteiger partial charge in [-0.05, 0) is 55.2 Å². The molecule has 0 unspecified atom stereocenters. The van der Waals surface area contributed by atoms with Crippen LogP contribution in [0.3, 0.4) is 0 Å². The summed E-state index contributed by atoms with van der Waals surface area (Å²) in [5.74, 6) is -0.536. The third-order valence-electron chi connectivity index (χ3n) is 5.45. The number of carbonyl (C=O) groups excluding carboxylic acids is 2. The molecule has 0 saturated carbocycles. The van der Waals surface area contributed by atoms with E-state index in [1.54, 1.807) is 31.4 Å².